The van der Waals surface area contributed by atoms with E-state index in [1.54, 1.807) is 6.07 Å². The molecule has 0 unspecified atom stereocenters. The number of piperazine rings is 1. The highest BCUT2D eigenvalue weighted by atomic mass is 19.4. The molecule has 2 aliphatic rings. The average molecular weight is 328 g/mol. The summed E-state index contributed by atoms with van der Waals surface area (Å²) in [6.45, 7) is 3.69. The Morgan fingerprint density at radius 2 is 1.91 bits per heavy atom. The smallest absolute Gasteiger partial charge is 0.416 e. The molecule has 1 saturated carbocycles. The number of hydrogen-bond acceptors (Lipinski definition) is 3. The summed E-state index contributed by atoms with van der Waals surface area (Å²) in [5, 5.41) is 3.33. The van der Waals surface area contributed by atoms with Crippen LogP contribution < -0.4 is 10.1 Å². The van der Waals surface area contributed by atoms with Crippen LogP contribution in [-0.2, 0) is 6.18 Å². The van der Waals surface area contributed by atoms with Crippen LogP contribution in [0.25, 0.3) is 0 Å². The van der Waals surface area contributed by atoms with Crippen molar-refractivity contribution in [1.29, 1.82) is 0 Å². The van der Waals surface area contributed by atoms with E-state index in [0.717, 1.165) is 50.7 Å². The number of benzene rings is 1. The monoisotopic (exact) mass is 328 g/mol. The third kappa shape index (κ3) is 3.48. The Morgan fingerprint density at radius 1 is 1.22 bits per heavy atom. The fourth-order valence-electron chi connectivity index (χ4n) is 3.60. The van der Waals surface area contributed by atoms with Crippen LogP contribution in [0.2, 0.25) is 0 Å². The Kier molecular flexibility index (Phi) is 4.82. The molecule has 0 amide bonds. The molecule has 128 valence electrons. The number of ether oxygens (including phenoxy) is 1. The first-order valence-corrected chi connectivity index (χ1v) is 8.20. The number of hydrogen-bond donors (Lipinski definition) is 1. The summed E-state index contributed by atoms with van der Waals surface area (Å²) in [6, 6.07) is 4.10. The fourth-order valence-corrected chi connectivity index (χ4v) is 3.60. The van der Waals surface area contributed by atoms with E-state index in [2.05, 4.69) is 10.2 Å². The molecule has 1 aliphatic carbocycles. The molecule has 0 bridgehead atoms. The van der Waals surface area contributed by atoms with Gasteiger partial charge in [0.25, 0.3) is 0 Å². The van der Waals surface area contributed by atoms with Crippen molar-refractivity contribution in [3.05, 3.63) is 29.3 Å². The van der Waals surface area contributed by atoms with Crippen LogP contribution in [0.15, 0.2) is 18.2 Å². The van der Waals surface area contributed by atoms with Gasteiger partial charge in [0.05, 0.1) is 12.7 Å². The highest BCUT2D eigenvalue weighted by molar-refractivity contribution is 5.41. The van der Waals surface area contributed by atoms with Gasteiger partial charge in [-0.05, 0) is 30.9 Å². The van der Waals surface area contributed by atoms with E-state index in [-0.39, 0.29) is 6.04 Å². The lowest BCUT2D eigenvalue weighted by Gasteiger charge is -2.43. The zero-order valence-corrected chi connectivity index (χ0v) is 13.3. The quantitative estimate of drug-likeness (QED) is 0.916. The number of rotatable bonds is 4. The van der Waals surface area contributed by atoms with Crippen molar-refractivity contribution in [1.82, 2.24) is 10.2 Å². The second-order valence-electron chi connectivity index (χ2n) is 6.38. The van der Waals surface area contributed by atoms with Crippen molar-refractivity contribution in [2.24, 2.45) is 5.92 Å². The molecule has 3 nitrogen and oxygen atoms in total. The molecule has 1 atom stereocenters. The summed E-state index contributed by atoms with van der Waals surface area (Å²) in [5.74, 6) is 0.869. The average Bonchev–Trinajstić information content (AvgIpc) is 2.50. The molecular formula is C17H23F3N2O. The molecule has 1 aromatic carbocycles. The molecule has 1 aliphatic heterocycles. The Morgan fingerprint density at radius 3 is 2.43 bits per heavy atom. The summed E-state index contributed by atoms with van der Waals surface area (Å²) in [7, 11) is 1.45. The number of halogens is 3. The van der Waals surface area contributed by atoms with Gasteiger partial charge in [-0.3, -0.25) is 4.90 Å². The summed E-state index contributed by atoms with van der Waals surface area (Å²) in [6.07, 6.45) is -0.861. The first kappa shape index (κ1) is 16.6. The zero-order chi connectivity index (χ0) is 16.4. The van der Waals surface area contributed by atoms with Crippen LogP contribution in [0.3, 0.4) is 0 Å². The van der Waals surface area contributed by atoms with Gasteiger partial charge in [0.2, 0.25) is 0 Å². The molecule has 0 aromatic heterocycles. The minimum Gasteiger partial charge on any atom is -0.496 e. The number of alkyl halides is 3. The van der Waals surface area contributed by atoms with Crippen LogP contribution in [0.1, 0.15) is 36.4 Å². The van der Waals surface area contributed by atoms with E-state index in [0.29, 0.717) is 11.7 Å². The summed E-state index contributed by atoms with van der Waals surface area (Å²) < 4.78 is 44.2. The Hall–Kier alpha value is -1.27. The van der Waals surface area contributed by atoms with E-state index in [4.69, 9.17) is 4.74 Å². The number of methoxy groups -OCH3 is 1. The summed E-state index contributed by atoms with van der Waals surface area (Å²) >= 11 is 0. The van der Waals surface area contributed by atoms with Gasteiger partial charge in [0, 0.05) is 37.8 Å². The molecule has 0 radical (unpaired) electrons. The van der Waals surface area contributed by atoms with Crippen molar-refractivity contribution >= 4 is 0 Å². The van der Waals surface area contributed by atoms with Crippen LogP contribution in [-0.4, -0.2) is 38.2 Å². The lowest BCUT2D eigenvalue weighted by atomic mass is 9.76. The normalized spacial score (nSPS) is 21.7. The first-order chi connectivity index (χ1) is 11.0. The lowest BCUT2D eigenvalue weighted by Crippen LogP contribution is -2.47. The lowest BCUT2D eigenvalue weighted by molar-refractivity contribution is -0.137. The molecule has 1 heterocycles. The van der Waals surface area contributed by atoms with Gasteiger partial charge in [-0.1, -0.05) is 12.5 Å². The maximum atomic E-state index is 13.0. The predicted octanol–water partition coefficient (Wildman–Crippen LogP) is 3.46. The van der Waals surface area contributed by atoms with Crippen molar-refractivity contribution in [3.63, 3.8) is 0 Å². The molecule has 2 fully saturated rings. The first-order valence-electron chi connectivity index (χ1n) is 8.20. The maximum Gasteiger partial charge on any atom is 0.416 e. The summed E-state index contributed by atoms with van der Waals surface area (Å²) in [4.78, 5) is 2.39. The standard InChI is InChI=1S/C17H23F3N2O/c1-23-15-11-13(17(18,19)20)5-6-14(15)16(12-3-2-4-12)22-9-7-21-8-10-22/h5-6,11-12,16,21H,2-4,7-10H2,1H3/t16-/m1/s1. The summed E-state index contributed by atoms with van der Waals surface area (Å²) in [5.41, 5.74) is 0.248. The molecule has 3 rings (SSSR count). The van der Waals surface area contributed by atoms with Crippen LogP contribution in [0, 0.1) is 5.92 Å². The van der Waals surface area contributed by atoms with E-state index in [1.807, 2.05) is 0 Å². The number of nitrogens with zero attached hydrogens (tertiary/aromatic N) is 1. The topological polar surface area (TPSA) is 24.5 Å². The Balaban J connectivity index is 1.94. The highest BCUT2D eigenvalue weighted by Gasteiger charge is 2.37. The van der Waals surface area contributed by atoms with Crippen molar-refractivity contribution in [2.45, 2.75) is 31.5 Å². The second kappa shape index (κ2) is 6.69. The SMILES string of the molecule is COc1cc(C(F)(F)F)ccc1[C@@H](C1CCC1)N1CCNCC1. The molecule has 0 spiro atoms. The molecular weight excluding hydrogens is 305 g/mol. The van der Waals surface area contributed by atoms with Gasteiger partial charge >= 0.3 is 6.18 Å². The van der Waals surface area contributed by atoms with Crippen LogP contribution in [0.4, 0.5) is 13.2 Å². The van der Waals surface area contributed by atoms with E-state index in [1.165, 1.54) is 19.6 Å². The molecule has 6 heteroatoms. The van der Waals surface area contributed by atoms with E-state index < -0.39 is 11.7 Å². The third-order valence-corrected chi connectivity index (χ3v) is 5.02. The predicted molar refractivity (Wildman–Crippen MR) is 82.5 cm³/mol. The minimum absolute atomic E-state index is 0.156. The van der Waals surface area contributed by atoms with Gasteiger partial charge in [-0.15, -0.1) is 0 Å². The number of nitrogens with one attached hydrogen (secondary N) is 1. The van der Waals surface area contributed by atoms with Gasteiger partial charge in [0.1, 0.15) is 5.75 Å². The zero-order valence-electron chi connectivity index (χ0n) is 13.3. The maximum absolute atomic E-state index is 13.0. The van der Waals surface area contributed by atoms with Gasteiger partial charge < -0.3 is 10.1 Å². The minimum atomic E-state index is -4.34. The fraction of sp³-hybridized carbons (Fsp3) is 0.647. The Bertz CT molecular complexity index is 537. The molecule has 1 aromatic rings. The van der Waals surface area contributed by atoms with Gasteiger partial charge in [0.15, 0.2) is 0 Å². The van der Waals surface area contributed by atoms with Gasteiger partial charge in [-0.2, -0.15) is 13.2 Å². The molecule has 23 heavy (non-hydrogen) atoms. The third-order valence-electron chi connectivity index (χ3n) is 5.02. The molecule has 1 N–H and O–H groups in total. The van der Waals surface area contributed by atoms with Crippen LogP contribution >= 0.6 is 0 Å². The molecule has 1 saturated heterocycles. The largest absolute Gasteiger partial charge is 0.496 e. The van der Waals surface area contributed by atoms with Crippen molar-refractivity contribution in [3.8, 4) is 5.75 Å². The van der Waals surface area contributed by atoms with E-state index >= 15 is 0 Å². The Labute approximate surface area is 134 Å². The van der Waals surface area contributed by atoms with Crippen LogP contribution in [0.5, 0.6) is 5.75 Å². The second-order valence-corrected chi connectivity index (χ2v) is 6.38. The van der Waals surface area contributed by atoms with Crippen molar-refractivity contribution < 1.29 is 17.9 Å². The van der Waals surface area contributed by atoms with Crippen molar-refractivity contribution in [2.75, 3.05) is 33.3 Å². The highest BCUT2D eigenvalue weighted by Crippen LogP contribution is 2.45. The van der Waals surface area contributed by atoms with Gasteiger partial charge in [-0.25, -0.2) is 0 Å². The van der Waals surface area contributed by atoms with E-state index in [9.17, 15) is 13.2 Å².